The van der Waals surface area contributed by atoms with Gasteiger partial charge < -0.3 is 0 Å². The Bertz CT molecular complexity index is 326. The summed E-state index contributed by atoms with van der Waals surface area (Å²) in [5.74, 6) is 0. The summed E-state index contributed by atoms with van der Waals surface area (Å²) in [6, 6.07) is 0. The van der Waals surface area contributed by atoms with Crippen LogP contribution in [0.25, 0.3) is 0 Å². The first kappa shape index (κ1) is 31.3. The third-order valence-corrected chi connectivity index (χ3v) is 63.1. The standard InChI is InChI=1S/6C4H9.C4H6.2Sn/c7*1-3-4-2;;/h6*1,3-4H2,2H3;1,3-4H,2H3;;/b;;;;;;4-3+;;. The molecule has 0 unspecified atom stereocenters. The van der Waals surface area contributed by atoms with Gasteiger partial charge in [0.05, 0.1) is 0 Å². The van der Waals surface area contributed by atoms with Crippen molar-refractivity contribution in [1.29, 1.82) is 0 Å². The Morgan fingerprint density at radius 3 is 0.867 bits per heavy atom. The predicted molar refractivity (Wildman–Crippen MR) is 148 cm³/mol. The molecular formula is C28H60Sn2. The van der Waals surface area contributed by atoms with E-state index in [9.17, 15) is 0 Å². The molecule has 0 radical (unpaired) electrons. The second-order valence-corrected chi connectivity index (χ2v) is 42.7. The van der Waals surface area contributed by atoms with E-state index in [2.05, 4.69) is 60.6 Å². The summed E-state index contributed by atoms with van der Waals surface area (Å²) >= 11 is -4.52. The topological polar surface area (TPSA) is 0 Å². The summed E-state index contributed by atoms with van der Waals surface area (Å²) in [4.78, 5) is 0. The van der Waals surface area contributed by atoms with Crippen LogP contribution in [-0.4, -0.2) is 36.8 Å². The van der Waals surface area contributed by atoms with Gasteiger partial charge in [-0.1, -0.05) is 0 Å². The van der Waals surface area contributed by atoms with Crippen molar-refractivity contribution in [3.05, 3.63) is 12.2 Å². The molecule has 0 amide bonds. The zero-order chi connectivity index (χ0) is 22.7. The predicted octanol–water partition coefficient (Wildman–Crippen LogP) is 11.2. The van der Waals surface area contributed by atoms with Gasteiger partial charge >= 0.3 is 203 Å². The Balaban J connectivity index is 6.45. The molecule has 0 aromatic carbocycles. The molecular weight excluding hydrogens is 574 g/mol. The Kier molecular flexibility index (Phi) is 20.7. The quantitative estimate of drug-likeness (QED) is 0.0871. The number of rotatable bonds is 21. The normalized spacial score (nSPS) is 13.1. The molecule has 0 nitrogen and oxygen atoms in total. The van der Waals surface area contributed by atoms with E-state index in [1.165, 1.54) is 79.0 Å². The van der Waals surface area contributed by atoms with E-state index in [0.717, 1.165) is 0 Å². The molecule has 0 aromatic heterocycles. The van der Waals surface area contributed by atoms with Crippen molar-refractivity contribution >= 4 is 36.8 Å². The molecule has 0 heterocycles. The van der Waals surface area contributed by atoms with Crippen LogP contribution in [0.3, 0.4) is 0 Å². The van der Waals surface area contributed by atoms with Crippen molar-refractivity contribution in [1.82, 2.24) is 0 Å². The van der Waals surface area contributed by atoms with Crippen molar-refractivity contribution in [2.24, 2.45) is 0 Å². The Labute approximate surface area is 201 Å². The molecule has 0 N–H and O–H groups in total. The second kappa shape index (κ2) is 19.8. The van der Waals surface area contributed by atoms with Crippen LogP contribution in [0, 0.1) is 0 Å². The molecule has 0 saturated carbocycles. The SMILES string of the molecule is C/C=C/[CH]([Sn]([CH2]CCC)([CH2]CCC)[CH2]CCC)[Sn]([CH2]CCC)([CH2]CCC)[CH2]CCC. The molecule has 180 valence electrons. The van der Waals surface area contributed by atoms with Gasteiger partial charge in [-0.05, 0) is 0 Å². The van der Waals surface area contributed by atoms with E-state index >= 15 is 0 Å². The van der Waals surface area contributed by atoms with Crippen LogP contribution in [0.2, 0.25) is 28.6 Å². The van der Waals surface area contributed by atoms with Gasteiger partial charge in [0.1, 0.15) is 0 Å². The molecule has 0 spiro atoms. The fourth-order valence-electron chi connectivity index (χ4n) is 6.11. The van der Waals surface area contributed by atoms with Crippen molar-refractivity contribution in [3.8, 4) is 0 Å². The van der Waals surface area contributed by atoms with Gasteiger partial charge in [0, 0.05) is 0 Å². The van der Waals surface area contributed by atoms with Gasteiger partial charge in [0.25, 0.3) is 0 Å². The van der Waals surface area contributed by atoms with Gasteiger partial charge in [-0.2, -0.15) is 0 Å². The maximum atomic E-state index is 2.91. The summed E-state index contributed by atoms with van der Waals surface area (Å²) in [6.07, 6.45) is 23.2. The van der Waals surface area contributed by atoms with Gasteiger partial charge in [0.15, 0.2) is 0 Å². The van der Waals surface area contributed by atoms with Crippen molar-refractivity contribution in [3.63, 3.8) is 0 Å². The number of allylic oxidation sites excluding steroid dienone is 2. The van der Waals surface area contributed by atoms with Crippen molar-refractivity contribution in [2.75, 3.05) is 0 Å². The van der Waals surface area contributed by atoms with Gasteiger partial charge in [-0.3, -0.25) is 0 Å². The van der Waals surface area contributed by atoms with Gasteiger partial charge in [0.2, 0.25) is 0 Å². The van der Waals surface area contributed by atoms with Crippen LogP contribution in [0.15, 0.2) is 12.2 Å². The molecule has 0 aliphatic carbocycles. The first-order valence-electron chi connectivity index (χ1n) is 14.2. The van der Waals surface area contributed by atoms with E-state index in [1.54, 1.807) is 26.6 Å². The third kappa shape index (κ3) is 11.0. The van der Waals surface area contributed by atoms with Crippen LogP contribution in [0.1, 0.15) is 126 Å². The molecule has 0 aromatic rings. The van der Waals surface area contributed by atoms with E-state index < -0.39 is 36.8 Å². The van der Waals surface area contributed by atoms with Crippen LogP contribution in [0.5, 0.6) is 0 Å². The first-order valence-corrected chi connectivity index (χ1v) is 29.6. The molecule has 0 saturated heterocycles. The van der Waals surface area contributed by atoms with E-state index in [1.807, 2.05) is 0 Å². The minimum absolute atomic E-state index is 1.19. The molecule has 0 bridgehead atoms. The fourth-order valence-corrected chi connectivity index (χ4v) is 82.4. The summed E-state index contributed by atoms with van der Waals surface area (Å²) in [5, 5.41) is 0. The summed E-state index contributed by atoms with van der Waals surface area (Å²) in [6.45, 7) is 17.0. The first-order chi connectivity index (χ1) is 14.6. The average Bonchev–Trinajstić information content (AvgIpc) is 2.77. The Hall–Kier alpha value is 1.34. The zero-order valence-electron chi connectivity index (χ0n) is 22.5. The van der Waals surface area contributed by atoms with Crippen molar-refractivity contribution in [2.45, 2.75) is 154 Å². The molecule has 0 aliphatic heterocycles. The van der Waals surface area contributed by atoms with E-state index in [-0.39, 0.29) is 0 Å². The van der Waals surface area contributed by atoms with Crippen LogP contribution in [-0.2, 0) is 0 Å². The molecule has 0 aliphatic rings. The van der Waals surface area contributed by atoms with Crippen molar-refractivity contribution < 1.29 is 0 Å². The monoisotopic (exact) mass is 636 g/mol. The fraction of sp³-hybridized carbons (Fsp3) is 0.929. The molecule has 2 heteroatoms. The van der Waals surface area contributed by atoms with Crippen LogP contribution >= 0.6 is 0 Å². The molecule has 0 fully saturated rings. The average molecular weight is 634 g/mol. The van der Waals surface area contributed by atoms with Gasteiger partial charge in [-0.25, -0.2) is 0 Å². The maximum absolute atomic E-state index is 2.91. The molecule has 0 atom stereocenters. The number of unbranched alkanes of at least 4 members (excludes halogenated alkanes) is 6. The number of hydrogen-bond donors (Lipinski definition) is 0. The van der Waals surface area contributed by atoms with E-state index in [4.69, 9.17) is 0 Å². The zero-order valence-corrected chi connectivity index (χ0v) is 28.2. The van der Waals surface area contributed by atoms with E-state index in [0.29, 0.717) is 0 Å². The minimum atomic E-state index is -2.26. The Morgan fingerprint density at radius 2 is 0.700 bits per heavy atom. The summed E-state index contributed by atoms with van der Waals surface area (Å²) in [5.41, 5.74) is 0. The van der Waals surface area contributed by atoms with Gasteiger partial charge in [-0.15, -0.1) is 0 Å². The molecule has 30 heavy (non-hydrogen) atoms. The number of hydrogen-bond acceptors (Lipinski definition) is 0. The summed E-state index contributed by atoms with van der Waals surface area (Å²) in [7, 11) is 0. The van der Waals surface area contributed by atoms with Crippen LogP contribution < -0.4 is 0 Å². The third-order valence-electron chi connectivity index (χ3n) is 7.87. The summed E-state index contributed by atoms with van der Waals surface area (Å²) < 4.78 is 11.5. The Morgan fingerprint density at radius 1 is 0.467 bits per heavy atom. The second-order valence-electron chi connectivity index (χ2n) is 10.3. The van der Waals surface area contributed by atoms with Crippen LogP contribution in [0.4, 0.5) is 0 Å². The molecule has 0 rings (SSSR count).